The van der Waals surface area contributed by atoms with Crippen LogP contribution in [0.4, 0.5) is 17.6 Å². The highest BCUT2D eigenvalue weighted by Gasteiger charge is 2.25. The van der Waals surface area contributed by atoms with Gasteiger partial charge in [0, 0.05) is 11.1 Å². The first-order valence-electron chi connectivity index (χ1n) is 9.24. The van der Waals surface area contributed by atoms with Crippen LogP contribution in [-0.2, 0) is 6.61 Å². The van der Waals surface area contributed by atoms with Crippen molar-refractivity contribution < 1.29 is 27.4 Å². The average Bonchev–Trinajstić information content (AvgIpc) is 2.72. The van der Waals surface area contributed by atoms with Gasteiger partial charge in [0.2, 0.25) is 5.82 Å². The third-order valence-corrected chi connectivity index (χ3v) is 5.42. The van der Waals surface area contributed by atoms with E-state index < -0.39 is 29.9 Å². The first-order valence-corrected chi connectivity index (χ1v) is 9.24. The fourth-order valence-electron chi connectivity index (χ4n) is 3.74. The van der Waals surface area contributed by atoms with Gasteiger partial charge in [-0.15, -0.1) is 0 Å². The molecule has 0 bridgehead atoms. The van der Waals surface area contributed by atoms with E-state index >= 15 is 0 Å². The second-order valence-electron chi connectivity index (χ2n) is 7.06. The van der Waals surface area contributed by atoms with Crippen molar-refractivity contribution in [2.24, 2.45) is 5.92 Å². The van der Waals surface area contributed by atoms with Gasteiger partial charge in [-0.2, -0.15) is 4.39 Å². The molecule has 2 nitrogen and oxygen atoms in total. The van der Waals surface area contributed by atoms with Crippen LogP contribution in [0.5, 0.6) is 5.75 Å². The molecule has 150 valence electrons. The van der Waals surface area contributed by atoms with Crippen molar-refractivity contribution in [1.29, 1.82) is 0 Å². The minimum atomic E-state index is -1.04. The number of rotatable bonds is 5. The lowest BCUT2D eigenvalue weighted by Crippen LogP contribution is -2.13. The van der Waals surface area contributed by atoms with E-state index in [9.17, 15) is 17.6 Å². The standard InChI is InChI=1S/C22H22F4O2/c1-28-18-11-10-17(21(25)22(18)26)14-5-2-13(3-6-14)4-7-15-8-9-16(12-27)20(24)19(15)23/h4,7-11,13-14,27H,2-3,5-6,12H2,1H3. The molecule has 1 saturated carbocycles. The van der Waals surface area contributed by atoms with Crippen molar-refractivity contribution in [3.8, 4) is 5.75 Å². The van der Waals surface area contributed by atoms with Crippen molar-refractivity contribution in [3.05, 3.63) is 70.3 Å². The number of hydrogen-bond donors (Lipinski definition) is 1. The van der Waals surface area contributed by atoms with Gasteiger partial charge < -0.3 is 9.84 Å². The number of ether oxygens (including phenoxy) is 1. The zero-order chi connectivity index (χ0) is 20.3. The van der Waals surface area contributed by atoms with Crippen LogP contribution < -0.4 is 4.74 Å². The molecule has 0 heterocycles. The van der Waals surface area contributed by atoms with Gasteiger partial charge in [-0.3, -0.25) is 0 Å². The molecule has 2 aromatic rings. The van der Waals surface area contributed by atoms with Gasteiger partial charge in [0.05, 0.1) is 13.7 Å². The second-order valence-corrected chi connectivity index (χ2v) is 7.06. The van der Waals surface area contributed by atoms with Crippen LogP contribution in [0.3, 0.4) is 0 Å². The molecule has 28 heavy (non-hydrogen) atoms. The van der Waals surface area contributed by atoms with Gasteiger partial charge in [0.15, 0.2) is 23.2 Å². The summed E-state index contributed by atoms with van der Waals surface area (Å²) in [6.45, 7) is -0.556. The molecule has 1 N–H and O–H groups in total. The lowest BCUT2D eigenvalue weighted by molar-refractivity contribution is 0.273. The highest BCUT2D eigenvalue weighted by Crippen LogP contribution is 2.39. The van der Waals surface area contributed by atoms with Crippen LogP contribution in [0, 0.1) is 29.2 Å². The normalized spacial score (nSPS) is 19.9. The van der Waals surface area contributed by atoms with Crippen LogP contribution in [0.2, 0.25) is 0 Å². The lowest BCUT2D eigenvalue weighted by Gasteiger charge is -2.27. The molecule has 2 aromatic carbocycles. The quantitative estimate of drug-likeness (QED) is 0.656. The Kier molecular flexibility index (Phi) is 6.39. The number of aliphatic hydroxyl groups excluding tert-OH is 1. The van der Waals surface area contributed by atoms with Gasteiger partial charge in [0.1, 0.15) is 0 Å². The first kappa shape index (κ1) is 20.4. The maximum absolute atomic E-state index is 14.3. The Balaban J connectivity index is 1.66. The molecule has 0 atom stereocenters. The van der Waals surface area contributed by atoms with E-state index in [1.807, 2.05) is 6.08 Å². The van der Waals surface area contributed by atoms with E-state index in [0.29, 0.717) is 18.4 Å². The van der Waals surface area contributed by atoms with E-state index in [1.165, 1.54) is 31.4 Å². The van der Waals surface area contributed by atoms with Gasteiger partial charge in [-0.05, 0) is 49.1 Å². The van der Waals surface area contributed by atoms with Crippen molar-refractivity contribution in [2.45, 2.75) is 38.2 Å². The molecular formula is C22H22F4O2. The zero-order valence-electron chi connectivity index (χ0n) is 15.5. The molecule has 0 spiro atoms. The minimum Gasteiger partial charge on any atom is -0.494 e. The minimum absolute atomic E-state index is 0.0797. The monoisotopic (exact) mass is 394 g/mol. The van der Waals surface area contributed by atoms with Gasteiger partial charge in [0.25, 0.3) is 0 Å². The summed E-state index contributed by atoms with van der Waals surface area (Å²) in [5.74, 6) is -3.88. The fourth-order valence-corrected chi connectivity index (χ4v) is 3.74. The predicted molar refractivity (Wildman–Crippen MR) is 98.9 cm³/mol. The fraction of sp³-hybridized carbons (Fsp3) is 0.364. The van der Waals surface area contributed by atoms with Crippen molar-refractivity contribution in [2.75, 3.05) is 7.11 Å². The molecule has 1 aliphatic carbocycles. The van der Waals surface area contributed by atoms with Crippen molar-refractivity contribution in [3.63, 3.8) is 0 Å². The van der Waals surface area contributed by atoms with Gasteiger partial charge in [-0.25, -0.2) is 13.2 Å². The summed E-state index contributed by atoms with van der Waals surface area (Å²) in [4.78, 5) is 0. The Hall–Kier alpha value is -2.34. The highest BCUT2D eigenvalue weighted by molar-refractivity contribution is 5.51. The zero-order valence-corrected chi connectivity index (χ0v) is 15.5. The molecule has 3 rings (SSSR count). The summed E-state index contributed by atoms with van der Waals surface area (Å²) in [5.41, 5.74) is 0.400. The highest BCUT2D eigenvalue weighted by atomic mass is 19.2. The number of aliphatic hydroxyl groups is 1. The van der Waals surface area contributed by atoms with E-state index in [4.69, 9.17) is 9.84 Å². The third kappa shape index (κ3) is 4.07. The van der Waals surface area contributed by atoms with Crippen LogP contribution in [0.1, 0.15) is 48.3 Å². The largest absolute Gasteiger partial charge is 0.494 e. The third-order valence-electron chi connectivity index (χ3n) is 5.42. The van der Waals surface area contributed by atoms with E-state index in [2.05, 4.69) is 0 Å². The lowest BCUT2D eigenvalue weighted by atomic mass is 9.78. The topological polar surface area (TPSA) is 29.5 Å². The van der Waals surface area contributed by atoms with Crippen molar-refractivity contribution in [1.82, 2.24) is 0 Å². The van der Waals surface area contributed by atoms with Crippen LogP contribution >= 0.6 is 0 Å². The molecule has 1 aliphatic rings. The number of hydrogen-bond acceptors (Lipinski definition) is 2. The van der Waals surface area contributed by atoms with Crippen LogP contribution in [-0.4, -0.2) is 12.2 Å². The molecule has 0 saturated heterocycles. The molecule has 1 fully saturated rings. The number of benzene rings is 2. The number of allylic oxidation sites excluding steroid dienone is 1. The Labute approximate surface area is 161 Å². The SMILES string of the molecule is COc1ccc(C2CCC(C=Cc3ccc(CO)c(F)c3F)CC2)c(F)c1F. The Morgan fingerprint density at radius 2 is 1.64 bits per heavy atom. The van der Waals surface area contributed by atoms with Crippen LogP contribution in [0.25, 0.3) is 6.08 Å². The summed E-state index contributed by atoms with van der Waals surface area (Å²) in [5, 5.41) is 8.97. The summed E-state index contributed by atoms with van der Waals surface area (Å²) in [6, 6.07) is 5.80. The second kappa shape index (κ2) is 8.78. The summed E-state index contributed by atoms with van der Waals surface area (Å²) < 4.78 is 60.8. The summed E-state index contributed by atoms with van der Waals surface area (Å²) in [7, 11) is 1.29. The summed E-state index contributed by atoms with van der Waals surface area (Å²) >= 11 is 0. The molecule has 0 unspecified atom stereocenters. The smallest absolute Gasteiger partial charge is 0.200 e. The Morgan fingerprint density at radius 1 is 0.929 bits per heavy atom. The van der Waals surface area contributed by atoms with Crippen LogP contribution in [0.15, 0.2) is 30.3 Å². The summed E-state index contributed by atoms with van der Waals surface area (Å²) in [6.07, 6.45) is 6.21. The van der Waals surface area contributed by atoms with Gasteiger partial charge >= 0.3 is 0 Å². The molecule has 0 radical (unpaired) electrons. The average molecular weight is 394 g/mol. The molecule has 6 heteroatoms. The Morgan fingerprint density at radius 3 is 2.29 bits per heavy atom. The van der Waals surface area contributed by atoms with Crippen molar-refractivity contribution >= 4 is 6.08 Å². The van der Waals surface area contributed by atoms with E-state index in [1.54, 1.807) is 6.07 Å². The Bertz CT molecular complexity index is 871. The van der Waals surface area contributed by atoms with E-state index in [0.717, 1.165) is 12.8 Å². The number of methoxy groups -OCH3 is 1. The van der Waals surface area contributed by atoms with E-state index in [-0.39, 0.29) is 28.7 Å². The molecule has 0 aliphatic heterocycles. The predicted octanol–water partition coefficient (Wildman–Crippen LogP) is 5.73. The molecular weight excluding hydrogens is 372 g/mol. The number of halogens is 4. The maximum atomic E-state index is 14.3. The first-order chi connectivity index (χ1) is 13.5. The molecule has 0 aromatic heterocycles. The van der Waals surface area contributed by atoms with Gasteiger partial charge in [-0.1, -0.05) is 30.4 Å². The maximum Gasteiger partial charge on any atom is 0.200 e. The molecule has 0 amide bonds.